The van der Waals surface area contributed by atoms with Crippen LogP contribution in [0.25, 0.3) is 0 Å². The van der Waals surface area contributed by atoms with E-state index < -0.39 is 6.04 Å². The molecule has 1 unspecified atom stereocenters. The second-order valence-corrected chi connectivity index (χ2v) is 9.92. The molecule has 0 spiro atoms. The van der Waals surface area contributed by atoms with Crippen LogP contribution in [0.4, 0.5) is 5.69 Å². The molecule has 3 rings (SSSR count). The lowest BCUT2D eigenvalue weighted by Crippen LogP contribution is -2.37. The average Bonchev–Trinajstić information content (AvgIpc) is 3.21. The third kappa shape index (κ3) is 5.79. The van der Waals surface area contributed by atoms with Crippen LogP contribution in [0.5, 0.6) is 0 Å². The SMILES string of the molecule is CC(C)CC(=O)NC(C(=O)Nc1cccc(C2SCCS2)c1)c1ccccc1. The van der Waals surface area contributed by atoms with Crippen molar-refractivity contribution in [2.24, 2.45) is 5.92 Å². The molecular formula is C22H26N2O2S2. The zero-order valence-corrected chi connectivity index (χ0v) is 17.8. The molecule has 1 saturated heterocycles. The van der Waals surface area contributed by atoms with E-state index in [0.29, 0.717) is 11.0 Å². The fourth-order valence-electron chi connectivity index (χ4n) is 3.06. The number of benzene rings is 2. The van der Waals surface area contributed by atoms with Crippen LogP contribution in [0.1, 0.15) is 42.0 Å². The van der Waals surface area contributed by atoms with Crippen molar-refractivity contribution in [3.63, 3.8) is 0 Å². The van der Waals surface area contributed by atoms with Crippen LogP contribution in [-0.4, -0.2) is 23.3 Å². The van der Waals surface area contributed by atoms with E-state index in [9.17, 15) is 9.59 Å². The molecule has 4 nitrogen and oxygen atoms in total. The van der Waals surface area contributed by atoms with Crippen molar-refractivity contribution in [1.29, 1.82) is 0 Å². The Morgan fingerprint density at radius 3 is 2.43 bits per heavy atom. The van der Waals surface area contributed by atoms with Gasteiger partial charge in [0, 0.05) is 23.6 Å². The maximum absolute atomic E-state index is 13.0. The van der Waals surface area contributed by atoms with Crippen LogP contribution in [0.15, 0.2) is 54.6 Å². The van der Waals surface area contributed by atoms with Gasteiger partial charge in [0.25, 0.3) is 5.91 Å². The lowest BCUT2D eigenvalue weighted by atomic mass is 10.0. The van der Waals surface area contributed by atoms with Gasteiger partial charge in [0.2, 0.25) is 5.91 Å². The standard InChI is InChI=1S/C22H26N2O2S2/c1-15(2)13-19(25)24-20(16-7-4-3-5-8-16)21(26)23-18-10-6-9-17(14-18)22-27-11-12-28-22/h3-10,14-15,20,22H,11-13H2,1-2H3,(H,23,26)(H,24,25). The number of hydrogen-bond donors (Lipinski definition) is 2. The number of carbonyl (C=O) groups is 2. The number of hydrogen-bond acceptors (Lipinski definition) is 4. The maximum atomic E-state index is 13.0. The minimum atomic E-state index is -0.716. The maximum Gasteiger partial charge on any atom is 0.251 e. The summed E-state index contributed by atoms with van der Waals surface area (Å²) in [5, 5.41) is 5.89. The van der Waals surface area contributed by atoms with Crippen LogP contribution in [0.3, 0.4) is 0 Å². The normalized spacial score (nSPS) is 15.4. The summed E-state index contributed by atoms with van der Waals surface area (Å²) in [6.07, 6.45) is 0.391. The van der Waals surface area contributed by atoms with Gasteiger partial charge in [-0.1, -0.05) is 56.3 Å². The molecule has 6 heteroatoms. The first-order valence-corrected chi connectivity index (χ1v) is 11.6. The highest BCUT2D eigenvalue weighted by atomic mass is 32.2. The highest BCUT2D eigenvalue weighted by Gasteiger charge is 2.24. The van der Waals surface area contributed by atoms with E-state index >= 15 is 0 Å². The molecule has 2 N–H and O–H groups in total. The summed E-state index contributed by atoms with van der Waals surface area (Å²) >= 11 is 3.87. The molecule has 2 aromatic rings. The van der Waals surface area contributed by atoms with Crippen molar-refractivity contribution in [1.82, 2.24) is 5.32 Å². The molecule has 2 aromatic carbocycles. The zero-order valence-electron chi connectivity index (χ0n) is 16.2. The lowest BCUT2D eigenvalue weighted by molar-refractivity contribution is -0.127. The smallest absolute Gasteiger partial charge is 0.251 e. The fourth-order valence-corrected chi connectivity index (χ4v) is 5.90. The van der Waals surface area contributed by atoms with E-state index in [1.54, 1.807) is 0 Å². The Morgan fingerprint density at radius 2 is 1.75 bits per heavy atom. The third-order valence-corrected chi connectivity index (χ3v) is 7.45. The van der Waals surface area contributed by atoms with Crippen molar-refractivity contribution in [2.75, 3.05) is 16.8 Å². The summed E-state index contributed by atoms with van der Waals surface area (Å²) in [4.78, 5) is 25.4. The van der Waals surface area contributed by atoms with Crippen LogP contribution in [0.2, 0.25) is 0 Å². The highest BCUT2D eigenvalue weighted by molar-refractivity contribution is 8.19. The minimum Gasteiger partial charge on any atom is -0.341 e. The Morgan fingerprint density at radius 1 is 1.04 bits per heavy atom. The first-order chi connectivity index (χ1) is 13.5. The Kier molecular flexibility index (Phi) is 7.45. The number of carbonyl (C=O) groups excluding carboxylic acids is 2. The molecule has 0 bridgehead atoms. The van der Waals surface area contributed by atoms with E-state index in [0.717, 1.165) is 22.8 Å². The van der Waals surface area contributed by atoms with Crippen molar-refractivity contribution in [2.45, 2.75) is 30.9 Å². The molecule has 2 amide bonds. The molecule has 1 heterocycles. The Labute approximate surface area is 175 Å². The quantitative estimate of drug-likeness (QED) is 0.669. The van der Waals surface area contributed by atoms with Crippen LogP contribution < -0.4 is 10.6 Å². The van der Waals surface area contributed by atoms with Gasteiger partial charge in [-0.25, -0.2) is 0 Å². The summed E-state index contributed by atoms with van der Waals surface area (Å²) in [5.74, 6) is 2.20. The van der Waals surface area contributed by atoms with Gasteiger partial charge in [0.1, 0.15) is 6.04 Å². The molecule has 148 valence electrons. The second-order valence-electron chi connectivity index (χ2n) is 7.20. The number of nitrogens with one attached hydrogen (secondary N) is 2. The highest BCUT2D eigenvalue weighted by Crippen LogP contribution is 2.45. The van der Waals surface area contributed by atoms with Gasteiger partial charge in [0.05, 0.1) is 4.58 Å². The van der Waals surface area contributed by atoms with Gasteiger partial charge < -0.3 is 10.6 Å². The van der Waals surface area contributed by atoms with Crippen molar-refractivity contribution >= 4 is 41.0 Å². The van der Waals surface area contributed by atoms with Crippen molar-refractivity contribution < 1.29 is 9.59 Å². The molecule has 1 aliphatic rings. The molecule has 1 aliphatic heterocycles. The number of anilines is 1. The third-order valence-electron chi connectivity index (χ3n) is 4.34. The van der Waals surface area contributed by atoms with Crippen molar-refractivity contribution in [3.8, 4) is 0 Å². The molecule has 0 aliphatic carbocycles. The second kappa shape index (κ2) is 10.0. The predicted octanol–water partition coefficient (Wildman–Crippen LogP) is 5.01. The molecule has 0 radical (unpaired) electrons. The monoisotopic (exact) mass is 414 g/mol. The van der Waals surface area contributed by atoms with Gasteiger partial charge in [-0.15, -0.1) is 23.5 Å². The fraction of sp³-hybridized carbons (Fsp3) is 0.364. The summed E-state index contributed by atoms with van der Waals surface area (Å²) in [6, 6.07) is 16.7. The van der Waals surface area contributed by atoms with Crippen LogP contribution >= 0.6 is 23.5 Å². The van der Waals surface area contributed by atoms with Gasteiger partial charge in [-0.3, -0.25) is 9.59 Å². The number of rotatable bonds is 7. The van der Waals surface area contributed by atoms with E-state index in [1.807, 2.05) is 85.9 Å². The lowest BCUT2D eigenvalue weighted by Gasteiger charge is -2.20. The summed E-state index contributed by atoms with van der Waals surface area (Å²) < 4.78 is 0.424. The van der Waals surface area contributed by atoms with Crippen molar-refractivity contribution in [3.05, 3.63) is 65.7 Å². The molecule has 0 saturated carbocycles. The first-order valence-electron chi connectivity index (χ1n) is 9.51. The summed E-state index contributed by atoms with van der Waals surface area (Å²) in [6.45, 7) is 3.98. The number of thioether (sulfide) groups is 2. The van der Waals surface area contributed by atoms with Gasteiger partial charge >= 0.3 is 0 Å². The molecule has 1 atom stereocenters. The van der Waals surface area contributed by atoms with Gasteiger partial charge in [0.15, 0.2) is 0 Å². The van der Waals surface area contributed by atoms with E-state index in [1.165, 1.54) is 5.56 Å². The zero-order chi connectivity index (χ0) is 19.9. The molecule has 0 aromatic heterocycles. The summed E-state index contributed by atoms with van der Waals surface area (Å²) in [7, 11) is 0. The topological polar surface area (TPSA) is 58.2 Å². The van der Waals surface area contributed by atoms with E-state index in [-0.39, 0.29) is 17.7 Å². The first kappa shape index (κ1) is 20.8. The average molecular weight is 415 g/mol. The van der Waals surface area contributed by atoms with Gasteiger partial charge in [-0.05, 0) is 29.2 Å². The Balaban J connectivity index is 1.75. The van der Waals surface area contributed by atoms with Crippen LogP contribution in [0, 0.1) is 5.92 Å². The summed E-state index contributed by atoms with van der Waals surface area (Å²) in [5.41, 5.74) is 2.75. The molecule has 28 heavy (non-hydrogen) atoms. The Bertz CT molecular complexity index is 805. The predicted molar refractivity (Wildman–Crippen MR) is 120 cm³/mol. The van der Waals surface area contributed by atoms with E-state index in [2.05, 4.69) is 16.7 Å². The van der Waals surface area contributed by atoms with E-state index in [4.69, 9.17) is 0 Å². The van der Waals surface area contributed by atoms with Crippen LogP contribution in [-0.2, 0) is 9.59 Å². The Hall–Kier alpha value is -1.92. The largest absolute Gasteiger partial charge is 0.341 e. The molecule has 1 fully saturated rings. The number of amides is 2. The van der Waals surface area contributed by atoms with Gasteiger partial charge in [-0.2, -0.15) is 0 Å². The molecular weight excluding hydrogens is 388 g/mol. The minimum absolute atomic E-state index is 0.119.